The van der Waals surface area contributed by atoms with Gasteiger partial charge >= 0.3 is 6.03 Å². The van der Waals surface area contributed by atoms with Crippen LogP contribution in [0.5, 0.6) is 0 Å². The molecule has 0 atom stereocenters. The van der Waals surface area contributed by atoms with Crippen LogP contribution in [-0.4, -0.2) is 66.9 Å². The molecule has 34 heavy (non-hydrogen) atoms. The fourth-order valence-corrected chi connectivity index (χ4v) is 4.41. The molecule has 0 unspecified atom stereocenters. The Balaban J connectivity index is 1.46. The number of nitrogens with zero attached hydrogens (tertiary/aromatic N) is 3. The van der Waals surface area contributed by atoms with Crippen LogP contribution in [-0.2, 0) is 4.79 Å². The number of rotatable bonds is 5. The van der Waals surface area contributed by atoms with Gasteiger partial charge in [0.25, 0.3) is 5.91 Å². The lowest BCUT2D eigenvalue weighted by atomic mass is 10.1. The van der Waals surface area contributed by atoms with Gasteiger partial charge in [0.2, 0.25) is 5.91 Å². The van der Waals surface area contributed by atoms with E-state index in [2.05, 4.69) is 15.5 Å². The van der Waals surface area contributed by atoms with Crippen molar-refractivity contribution in [3.05, 3.63) is 53.1 Å². The second-order valence-corrected chi connectivity index (χ2v) is 8.98. The van der Waals surface area contributed by atoms with Gasteiger partial charge in [-0.05, 0) is 55.3 Å². The minimum absolute atomic E-state index is 0.0111. The molecular formula is C25H30ClN5O3. The van der Waals surface area contributed by atoms with E-state index in [9.17, 15) is 14.4 Å². The Bertz CT molecular complexity index is 1050. The van der Waals surface area contributed by atoms with Crippen molar-refractivity contribution in [2.75, 3.05) is 54.8 Å². The Morgan fingerprint density at radius 2 is 1.47 bits per heavy atom. The highest BCUT2D eigenvalue weighted by Gasteiger charge is 2.27. The molecule has 0 saturated carbocycles. The molecule has 2 aliphatic rings. The monoisotopic (exact) mass is 483 g/mol. The second kappa shape index (κ2) is 10.8. The molecule has 2 heterocycles. The van der Waals surface area contributed by atoms with Crippen LogP contribution in [0.3, 0.4) is 0 Å². The third kappa shape index (κ3) is 5.62. The summed E-state index contributed by atoms with van der Waals surface area (Å²) < 4.78 is 0. The summed E-state index contributed by atoms with van der Waals surface area (Å²) in [6.07, 6.45) is 2.39. The van der Waals surface area contributed by atoms with Crippen molar-refractivity contribution in [1.29, 1.82) is 0 Å². The summed E-state index contributed by atoms with van der Waals surface area (Å²) in [5, 5.41) is 6.38. The highest BCUT2D eigenvalue weighted by Crippen LogP contribution is 2.28. The van der Waals surface area contributed by atoms with Gasteiger partial charge in [-0.3, -0.25) is 9.59 Å². The third-order valence-electron chi connectivity index (χ3n) is 6.23. The van der Waals surface area contributed by atoms with Gasteiger partial charge in [0.15, 0.2) is 0 Å². The van der Waals surface area contributed by atoms with Gasteiger partial charge in [-0.15, -0.1) is 0 Å². The number of carbonyl (C=O) groups excluding carboxylic acids is 3. The van der Waals surface area contributed by atoms with Crippen molar-refractivity contribution in [2.45, 2.75) is 26.2 Å². The maximum atomic E-state index is 13.3. The quantitative estimate of drug-likeness (QED) is 0.664. The summed E-state index contributed by atoms with van der Waals surface area (Å²) in [5.41, 5.74) is 2.75. The zero-order valence-electron chi connectivity index (χ0n) is 19.3. The average Bonchev–Trinajstić information content (AvgIpc) is 3.40. The maximum absolute atomic E-state index is 13.3. The van der Waals surface area contributed by atoms with E-state index >= 15 is 0 Å². The molecule has 2 saturated heterocycles. The molecular weight excluding hydrogens is 454 g/mol. The second-order valence-electron chi connectivity index (χ2n) is 8.54. The minimum Gasteiger partial charge on any atom is -0.367 e. The number of hydrogen-bond donors (Lipinski definition) is 2. The SMILES string of the molecule is CCC(=O)Nc1ccc(N2CCN(C(=O)Nc3ccc(Cl)cc3)CC2)c(C(=O)N2CCCC2)c1. The molecule has 8 nitrogen and oxygen atoms in total. The Morgan fingerprint density at radius 1 is 0.824 bits per heavy atom. The largest absolute Gasteiger partial charge is 0.367 e. The van der Waals surface area contributed by atoms with Crippen molar-refractivity contribution >= 4 is 46.5 Å². The predicted octanol–water partition coefficient (Wildman–Crippen LogP) is 4.28. The fourth-order valence-electron chi connectivity index (χ4n) is 4.29. The Hall–Kier alpha value is -3.26. The number of halogens is 1. The molecule has 2 N–H and O–H groups in total. The normalized spacial score (nSPS) is 15.9. The summed E-state index contributed by atoms with van der Waals surface area (Å²) in [5.74, 6) is -0.101. The first-order valence-corrected chi connectivity index (χ1v) is 12.1. The number of carbonyl (C=O) groups is 3. The Labute approximate surface area is 204 Å². The number of amides is 4. The van der Waals surface area contributed by atoms with Crippen molar-refractivity contribution in [3.63, 3.8) is 0 Å². The van der Waals surface area contributed by atoms with Gasteiger partial charge in [0.1, 0.15) is 0 Å². The standard InChI is InChI=1S/C25H30ClN5O3/c1-2-23(32)27-20-9-10-22(21(17-20)24(33)30-11-3-4-12-30)29-13-15-31(16-14-29)25(34)28-19-7-5-18(26)6-8-19/h5-10,17H,2-4,11-16H2,1H3,(H,27,32)(H,28,34). The smallest absolute Gasteiger partial charge is 0.321 e. The van der Waals surface area contributed by atoms with E-state index in [1.54, 1.807) is 42.2 Å². The number of anilines is 3. The highest BCUT2D eigenvalue weighted by molar-refractivity contribution is 6.30. The number of likely N-dealkylation sites (tertiary alicyclic amines) is 1. The molecule has 180 valence electrons. The number of piperazine rings is 1. The van der Waals surface area contributed by atoms with E-state index in [1.807, 2.05) is 17.0 Å². The molecule has 0 aromatic heterocycles. The summed E-state index contributed by atoms with van der Waals surface area (Å²) >= 11 is 5.91. The number of urea groups is 1. The molecule has 2 aromatic rings. The summed E-state index contributed by atoms with van der Waals surface area (Å²) in [6, 6.07) is 12.4. The summed E-state index contributed by atoms with van der Waals surface area (Å²) in [6.45, 7) is 5.58. The van der Waals surface area contributed by atoms with Crippen LogP contribution in [0.2, 0.25) is 5.02 Å². The van der Waals surface area contributed by atoms with E-state index in [1.165, 1.54) is 0 Å². The van der Waals surface area contributed by atoms with Gasteiger partial charge in [-0.2, -0.15) is 0 Å². The first-order valence-electron chi connectivity index (χ1n) is 11.7. The first kappa shape index (κ1) is 23.9. The van der Waals surface area contributed by atoms with Gasteiger partial charge < -0.3 is 25.3 Å². The van der Waals surface area contributed by atoms with Gasteiger partial charge in [0, 0.05) is 67.8 Å². The Kier molecular flexibility index (Phi) is 7.57. The van der Waals surface area contributed by atoms with Crippen LogP contribution < -0.4 is 15.5 Å². The van der Waals surface area contributed by atoms with Crippen LogP contribution in [0, 0.1) is 0 Å². The number of benzene rings is 2. The van der Waals surface area contributed by atoms with Crippen LogP contribution in [0.1, 0.15) is 36.5 Å². The highest BCUT2D eigenvalue weighted by atomic mass is 35.5. The van der Waals surface area contributed by atoms with Crippen molar-refractivity contribution in [1.82, 2.24) is 9.80 Å². The van der Waals surface area contributed by atoms with Crippen LogP contribution in [0.15, 0.2) is 42.5 Å². The van der Waals surface area contributed by atoms with Crippen LogP contribution in [0.25, 0.3) is 0 Å². The van der Waals surface area contributed by atoms with Gasteiger partial charge in [-0.1, -0.05) is 18.5 Å². The molecule has 0 radical (unpaired) electrons. The lowest BCUT2D eigenvalue weighted by molar-refractivity contribution is -0.115. The lowest BCUT2D eigenvalue weighted by Gasteiger charge is -2.37. The van der Waals surface area contributed by atoms with Gasteiger partial charge in [-0.25, -0.2) is 4.79 Å². The summed E-state index contributed by atoms with van der Waals surface area (Å²) in [7, 11) is 0. The molecule has 2 aliphatic heterocycles. The molecule has 4 amide bonds. The molecule has 0 bridgehead atoms. The average molecular weight is 484 g/mol. The lowest BCUT2D eigenvalue weighted by Crippen LogP contribution is -2.50. The molecule has 0 spiro atoms. The van der Waals surface area contributed by atoms with E-state index in [0.717, 1.165) is 31.6 Å². The topological polar surface area (TPSA) is 85.0 Å². The van der Waals surface area contributed by atoms with Crippen LogP contribution in [0.4, 0.5) is 21.9 Å². The van der Waals surface area contributed by atoms with E-state index in [-0.39, 0.29) is 17.8 Å². The molecule has 2 fully saturated rings. The van der Waals surface area contributed by atoms with Crippen molar-refractivity contribution in [2.24, 2.45) is 0 Å². The molecule has 0 aliphatic carbocycles. The van der Waals surface area contributed by atoms with E-state index in [0.29, 0.717) is 54.6 Å². The van der Waals surface area contributed by atoms with Crippen LogP contribution >= 0.6 is 11.6 Å². The minimum atomic E-state index is -0.159. The summed E-state index contributed by atoms with van der Waals surface area (Å²) in [4.78, 5) is 43.7. The zero-order chi connectivity index (χ0) is 24.1. The van der Waals surface area contributed by atoms with Gasteiger partial charge in [0.05, 0.1) is 5.56 Å². The fraction of sp³-hybridized carbons (Fsp3) is 0.400. The zero-order valence-corrected chi connectivity index (χ0v) is 20.1. The predicted molar refractivity (Wildman–Crippen MR) is 135 cm³/mol. The number of nitrogens with one attached hydrogen (secondary N) is 2. The van der Waals surface area contributed by atoms with E-state index < -0.39 is 0 Å². The van der Waals surface area contributed by atoms with Crippen molar-refractivity contribution < 1.29 is 14.4 Å². The van der Waals surface area contributed by atoms with Crippen molar-refractivity contribution in [3.8, 4) is 0 Å². The van der Waals surface area contributed by atoms with E-state index in [4.69, 9.17) is 11.6 Å². The Morgan fingerprint density at radius 3 is 2.12 bits per heavy atom. The molecule has 9 heteroatoms. The maximum Gasteiger partial charge on any atom is 0.321 e. The molecule has 4 rings (SSSR count). The number of hydrogen-bond acceptors (Lipinski definition) is 4. The first-order chi connectivity index (χ1) is 16.4. The third-order valence-corrected chi connectivity index (χ3v) is 6.48. The molecule has 2 aromatic carbocycles.